The Morgan fingerprint density at radius 1 is 1.45 bits per heavy atom. The first-order chi connectivity index (χ1) is 5.47. The van der Waals surface area contributed by atoms with Gasteiger partial charge in [-0.2, -0.15) is 0 Å². The van der Waals surface area contributed by atoms with E-state index in [1.54, 1.807) is 6.33 Å². The molecule has 0 unspecified atom stereocenters. The van der Waals surface area contributed by atoms with Gasteiger partial charge in [0, 0.05) is 12.2 Å². The summed E-state index contributed by atoms with van der Waals surface area (Å²) in [5.74, 6) is 0. The van der Waals surface area contributed by atoms with Crippen LogP contribution >= 0.6 is 0 Å². The number of hydrogen-bond acceptors (Lipinski definition) is 2. The maximum atomic E-state index is 4.00. The highest BCUT2D eigenvalue weighted by molar-refractivity contribution is 5.02. The Morgan fingerprint density at radius 3 is 3.09 bits per heavy atom. The van der Waals surface area contributed by atoms with E-state index in [1.807, 2.05) is 6.20 Å². The highest BCUT2D eigenvalue weighted by Gasteiger charge is 2.14. The molecule has 1 aliphatic rings. The zero-order valence-corrected chi connectivity index (χ0v) is 6.51. The summed E-state index contributed by atoms with van der Waals surface area (Å²) in [4.78, 5) is 7.14. The van der Waals surface area contributed by atoms with Crippen LogP contribution in [0.5, 0.6) is 0 Å². The maximum absolute atomic E-state index is 4.00. The van der Waals surface area contributed by atoms with Gasteiger partial charge in [0.25, 0.3) is 0 Å². The van der Waals surface area contributed by atoms with Crippen LogP contribution in [0.4, 0.5) is 0 Å². The Kier molecular flexibility index (Phi) is 1.90. The fourth-order valence-electron chi connectivity index (χ4n) is 1.57. The van der Waals surface area contributed by atoms with Gasteiger partial charge in [-0.25, -0.2) is 4.98 Å². The van der Waals surface area contributed by atoms with E-state index in [9.17, 15) is 0 Å². The second-order valence-corrected chi connectivity index (χ2v) is 3.01. The molecule has 2 heterocycles. The highest BCUT2D eigenvalue weighted by atomic mass is 15.0. The molecular weight excluding hydrogens is 138 g/mol. The molecule has 1 saturated heterocycles. The lowest BCUT2D eigenvalue weighted by Gasteiger charge is -2.21. The van der Waals surface area contributed by atoms with Gasteiger partial charge in [-0.15, -0.1) is 0 Å². The van der Waals surface area contributed by atoms with Crippen molar-refractivity contribution in [3.63, 3.8) is 0 Å². The van der Waals surface area contributed by atoms with E-state index >= 15 is 0 Å². The van der Waals surface area contributed by atoms with Crippen molar-refractivity contribution in [3.05, 3.63) is 18.2 Å². The van der Waals surface area contributed by atoms with Gasteiger partial charge in [-0.05, 0) is 19.4 Å². The summed E-state index contributed by atoms with van der Waals surface area (Å²) in [7, 11) is 0. The first-order valence-electron chi connectivity index (χ1n) is 4.18. The number of H-pyrrole nitrogens is 1. The molecule has 2 rings (SSSR count). The summed E-state index contributed by atoms with van der Waals surface area (Å²) in [5.41, 5.74) is 1.23. The molecule has 11 heavy (non-hydrogen) atoms. The summed E-state index contributed by atoms with van der Waals surface area (Å²) in [6.07, 6.45) is 7.53. The van der Waals surface area contributed by atoms with E-state index in [4.69, 9.17) is 0 Å². The molecule has 0 amide bonds. The molecule has 1 aliphatic heterocycles. The number of aromatic amines is 1. The molecule has 0 saturated carbocycles. The quantitative estimate of drug-likeness (QED) is 0.633. The summed E-state index contributed by atoms with van der Waals surface area (Å²) in [6, 6.07) is 0.520. The van der Waals surface area contributed by atoms with Crippen molar-refractivity contribution in [2.45, 2.75) is 25.3 Å². The minimum atomic E-state index is 0.520. The second kappa shape index (κ2) is 3.05. The minimum Gasteiger partial charge on any atom is -0.347 e. The average molecular weight is 151 g/mol. The zero-order chi connectivity index (χ0) is 7.52. The summed E-state index contributed by atoms with van der Waals surface area (Å²) in [6.45, 7) is 1.14. The number of nitrogens with one attached hydrogen (secondary N) is 2. The summed E-state index contributed by atoms with van der Waals surface area (Å²) in [5, 5.41) is 3.45. The third kappa shape index (κ3) is 1.43. The number of hydrogen-bond donors (Lipinski definition) is 2. The smallest absolute Gasteiger partial charge is 0.0922 e. The van der Waals surface area contributed by atoms with Crippen LogP contribution in [0.3, 0.4) is 0 Å². The normalized spacial score (nSPS) is 25.3. The van der Waals surface area contributed by atoms with E-state index in [0.29, 0.717) is 6.04 Å². The molecule has 0 spiro atoms. The molecule has 3 heteroatoms. The van der Waals surface area contributed by atoms with E-state index in [0.717, 1.165) is 6.54 Å². The lowest BCUT2D eigenvalue weighted by molar-refractivity contribution is 0.406. The predicted octanol–water partition coefficient (Wildman–Crippen LogP) is 1.22. The van der Waals surface area contributed by atoms with Gasteiger partial charge in [0.1, 0.15) is 0 Å². The Bertz CT molecular complexity index is 199. The van der Waals surface area contributed by atoms with Gasteiger partial charge in [-0.1, -0.05) is 6.42 Å². The van der Waals surface area contributed by atoms with Gasteiger partial charge in [0.05, 0.1) is 12.0 Å². The van der Waals surface area contributed by atoms with Crippen molar-refractivity contribution < 1.29 is 0 Å². The van der Waals surface area contributed by atoms with Crippen LogP contribution in [0.2, 0.25) is 0 Å². The Hall–Kier alpha value is -0.830. The lowest BCUT2D eigenvalue weighted by atomic mass is 10.0. The predicted molar refractivity (Wildman–Crippen MR) is 43.2 cm³/mol. The van der Waals surface area contributed by atoms with Crippen molar-refractivity contribution in [3.8, 4) is 0 Å². The first kappa shape index (κ1) is 6.85. The Morgan fingerprint density at radius 2 is 2.45 bits per heavy atom. The van der Waals surface area contributed by atoms with Crippen LogP contribution < -0.4 is 5.32 Å². The van der Waals surface area contributed by atoms with Gasteiger partial charge in [0.2, 0.25) is 0 Å². The molecule has 0 aliphatic carbocycles. The number of rotatable bonds is 1. The van der Waals surface area contributed by atoms with Crippen LogP contribution in [0.15, 0.2) is 12.5 Å². The number of piperidine rings is 1. The minimum absolute atomic E-state index is 0.520. The topological polar surface area (TPSA) is 40.7 Å². The van der Waals surface area contributed by atoms with Crippen LogP contribution in [0.25, 0.3) is 0 Å². The number of nitrogens with zero attached hydrogens (tertiary/aromatic N) is 1. The van der Waals surface area contributed by atoms with Crippen molar-refractivity contribution >= 4 is 0 Å². The summed E-state index contributed by atoms with van der Waals surface area (Å²) >= 11 is 0. The molecular formula is C8H13N3. The molecule has 1 atom stereocenters. The first-order valence-corrected chi connectivity index (χ1v) is 4.18. The van der Waals surface area contributed by atoms with Gasteiger partial charge < -0.3 is 10.3 Å². The van der Waals surface area contributed by atoms with E-state index in [1.165, 1.54) is 25.0 Å². The highest BCUT2D eigenvalue weighted by Crippen LogP contribution is 2.19. The van der Waals surface area contributed by atoms with Crippen molar-refractivity contribution in [1.82, 2.24) is 15.3 Å². The molecule has 0 radical (unpaired) electrons. The fraction of sp³-hybridized carbons (Fsp3) is 0.625. The average Bonchev–Trinajstić information content (AvgIpc) is 2.58. The van der Waals surface area contributed by atoms with Gasteiger partial charge >= 0.3 is 0 Å². The van der Waals surface area contributed by atoms with Crippen LogP contribution in [-0.4, -0.2) is 16.5 Å². The molecule has 0 aromatic carbocycles. The Balaban J connectivity index is 2.04. The monoisotopic (exact) mass is 151 g/mol. The van der Waals surface area contributed by atoms with Gasteiger partial charge in [0.15, 0.2) is 0 Å². The number of aromatic nitrogens is 2. The second-order valence-electron chi connectivity index (χ2n) is 3.01. The fourth-order valence-corrected chi connectivity index (χ4v) is 1.57. The largest absolute Gasteiger partial charge is 0.347 e. The van der Waals surface area contributed by atoms with Gasteiger partial charge in [-0.3, -0.25) is 0 Å². The number of imidazole rings is 1. The van der Waals surface area contributed by atoms with Crippen LogP contribution in [0.1, 0.15) is 31.0 Å². The van der Waals surface area contributed by atoms with E-state index in [2.05, 4.69) is 15.3 Å². The molecule has 2 N–H and O–H groups in total. The van der Waals surface area contributed by atoms with Crippen LogP contribution in [0, 0.1) is 0 Å². The molecule has 1 aromatic rings. The molecule has 60 valence electrons. The van der Waals surface area contributed by atoms with Crippen LogP contribution in [-0.2, 0) is 0 Å². The molecule has 1 fully saturated rings. The maximum Gasteiger partial charge on any atom is 0.0922 e. The third-order valence-electron chi connectivity index (χ3n) is 2.21. The third-order valence-corrected chi connectivity index (χ3v) is 2.21. The van der Waals surface area contributed by atoms with Crippen molar-refractivity contribution in [2.24, 2.45) is 0 Å². The molecule has 3 nitrogen and oxygen atoms in total. The zero-order valence-electron chi connectivity index (χ0n) is 6.51. The molecule has 1 aromatic heterocycles. The SMILES string of the molecule is c1ncc([C@@H]2CCCCN2)[nH]1. The standard InChI is InChI=1S/C8H13N3/c1-2-4-10-7(3-1)8-5-9-6-11-8/h5-7,10H,1-4H2,(H,9,11)/t7-/m0/s1. The van der Waals surface area contributed by atoms with E-state index < -0.39 is 0 Å². The summed E-state index contributed by atoms with van der Waals surface area (Å²) < 4.78 is 0. The Labute approximate surface area is 66.2 Å². The van der Waals surface area contributed by atoms with Crippen molar-refractivity contribution in [2.75, 3.05) is 6.54 Å². The van der Waals surface area contributed by atoms with E-state index in [-0.39, 0.29) is 0 Å². The molecule has 0 bridgehead atoms. The lowest BCUT2D eigenvalue weighted by Crippen LogP contribution is -2.26. The van der Waals surface area contributed by atoms with Crippen molar-refractivity contribution in [1.29, 1.82) is 0 Å².